The van der Waals surface area contributed by atoms with Crippen LogP contribution >= 0.6 is 0 Å². The number of benzene rings is 5. The van der Waals surface area contributed by atoms with E-state index in [0.29, 0.717) is 11.8 Å². The molecule has 292 valence electrons. The molecule has 4 saturated carbocycles. The molecule has 1 heteroatoms. The number of hydrogen-bond acceptors (Lipinski definition) is 1. The van der Waals surface area contributed by atoms with Crippen molar-refractivity contribution in [3.8, 4) is 22.3 Å². The molecule has 5 aromatic rings. The summed E-state index contributed by atoms with van der Waals surface area (Å²) in [6.07, 6.45) is 11.9. The van der Waals surface area contributed by atoms with Crippen LogP contribution in [0.5, 0.6) is 0 Å². The molecule has 0 heterocycles. The van der Waals surface area contributed by atoms with Crippen LogP contribution in [0.1, 0.15) is 147 Å². The summed E-state index contributed by atoms with van der Waals surface area (Å²) in [4.78, 5) is 2.67. The third-order valence-corrected chi connectivity index (χ3v) is 17.2. The molecule has 0 amide bonds. The number of rotatable bonds is 4. The van der Waals surface area contributed by atoms with Crippen LogP contribution in [0.3, 0.4) is 0 Å². The fourth-order valence-electron chi connectivity index (χ4n) is 14.1. The topological polar surface area (TPSA) is 3.24 Å². The lowest BCUT2D eigenvalue weighted by Crippen LogP contribution is -2.55. The third-order valence-electron chi connectivity index (χ3n) is 17.2. The molecule has 0 aromatic heterocycles. The smallest absolute Gasteiger partial charge is 0.0465 e. The van der Waals surface area contributed by atoms with Crippen molar-refractivity contribution in [2.24, 2.45) is 23.7 Å². The molecule has 7 aliphatic rings. The van der Waals surface area contributed by atoms with Crippen LogP contribution < -0.4 is 4.90 Å². The summed E-state index contributed by atoms with van der Waals surface area (Å²) in [6, 6.07) is 41.5. The molecule has 12 rings (SSSR count). The van der Waals surface area contributed by atoms with Crippen molar-refractivity contribution in [3.63, 3.8) is 0 Å². The summed E-state index contributed by atoms with van der Waals surface area (Å²) in [7, 11) is 0. The number of anilines is 3. The molecule has 0 saturated heterocycles. The van der Waals surface area contributed by atoms with Crippen LogP contribution in [-0.4, -0.2) is 0 Å². The first kappa shape index (κ1) is 36.0. The Morgan fingerprint density at radius 3 is 1.39 bits per heavy atom. The lowest BCUT2D eigenvalue weighted by Gasteiger charge is -2.61. The SMILES string of the molecule is CC1(C)CCC(C)(C)c2cc(N(c3ccc4c(c3)C(C)(C)CCC4(C)C)c3ccc4c(c3)C3(c5c(-c6ccccc6)cccc5-4)C4CC5CC(C4)CC3C5)ccc21. The van der Waals surface area contributed by atoms with Gasteiger partial charge in [-0.2, -0.15) is 0 Å². The normalized spacial score (nSPS) is 28.7. The van der Waals surface area contributed by atoms with Crippen molar-refractivity contribution in [2.45, 2.75) is 140 Å². The molecular formula is C56H63N. The van der Waals surface area contributed by atoms with E-state index in [-0.39, 0.29) is 27.1 Å². The fraction of sp³-hybridized carbons (Fsp3) is 0.464. The Balaban J connectivity index is 1.16. The maximum atomic E-state index is 2.72. The van der Waals surface area contributed by atoms with E-state index >= 15 is 0 Å². The molecular weight excluding hydrogens is 687 g/mol. The molecule has 0 unspecified atom stereocenters. The average molecular weight is 750 g/mol. The van der Waals surface area contributed by atoms with Gasteiger partial charge in [0.1, 0.15) is 0 Å². The van der Waals surface area contributed by atoms with E-state index in [1.165, 1.54) is 119 Å². The monoisotopic (exact) mass is 749 g/mol. The first-order valence-corrected chi connectivity index (χ1v) is 22.6. The summed E-state index contributed by atoms with van der Waals surface area (Å²) in [5.41, 5.74) is 19.8. The molecule has 0 radical (unpaired) electrons. The van der Waals surface area contributed by atoms with Gasteiger partial charge in [0, 0.05) is 22.5 Å². The van der Waals surface area contributed by atoms with E-state index in [9.17, 15) is 0 Å². The van der Waals surface area contributed by atoms with E-state index < -0.39 is 0 Å². The van der Waals surface area contributed by atoms with E-state index in [0.717, 1.165) is 11.8 Å². The third kappa shape index (κ3) is 5.12. The molecule has 4 fully saturated rings. The Kier molecular flexibility index (Phi) is 7.58. The van der Waals surface area contributed by atoms with E-state index in [2.05, 4.69) is 163 Å². The second-order valence-electron chi connectivity index (χ2n) is 22.3. The maximum absolute atomic E-state index is 2.72. The van der Waals surface area contributed by atoms with Gasteiger partial charge in [-0.15, -0.1) is 0 Å². The zero-order chi connectivity index (χ0) is 39.3. The van der Waals surface area contributed by atoms with Crippen LogP contribution in [0.15, 0.2) is 103 Å². The fourth-order valence-corrected chi connectivity index (χ4v) is 14.1. The minimum Gasteiger partial charge on any atom is -0.310 e. The summed E-state index contributed by atoms with van der Waals surface area (Å²) < 4.78 is 0. The molecule has 0 aliphatic heterocycles. The van der Waals surface area contributed by atoms with E-state index in [4.69, 9.17) is 0 Å². The van der Waals surface area contributed by atoms with Crippen LogP contribution in [0, 0.1) is 23.7 Å². The van der Waals surface area contributed by atoms with Gasteiger partial charge < -0.3 is 4.90 Å². The second kappa shape index (κ2) is 12.0. The Morgan fingerprint density at radius 1 is 0.404 bits per heavy atom. The summed E-state index contributed by atoms with van der Waals surface area (Å²) in [6.45, 7) is 19.7. The van der Waals surface area contributed by atoms with Gasteiger partial charge in [0.25, 0.3) is 0 Å². The van der Waals surface area contributed by atoms with Crippen molar-refractivity contribution >= 4 is 17.1 Å². The number of hydrogen-bond donors (Lipinski definition) is 0. The molecule has 4 bridgehead atoms. The predicted octanol–water partition coefficient (Wildman–Crippen LogP) is 15.2. The summed E-state index contributed by atoms with van der Waals surface area (Å²) >= 11 is 0. The Labute approximate surface area is 343 Å². The van der Waals surface area contributed by atoms with E-state index in [1.54, 1.807) is 11.1 Å². The van der Waals surface area contributed by atoms with Crippen molar-refractivity contribution < 1.29 is 0 Å². The summed E-state index contributed by atoms with van der Waals surface area (Å²) in [5, 5.41) is 0. The second-order valence-corrected chi connectivity index (χ2v) is 22.3. The molecule has 0 atom stereocenters. The molecule has 0 N–H and O–H groups in total. The zero-order valence-electron chi connectivity index (χ0n) is 35.9. The molecule has 57 heavy (non-hydrogen) atoms. The lowest BCUT2D eigenvalue weighted by atomic mass is 9.42. The van der Waals surface area contributed by atoms with Gasteiger partial charge in [0.15, 0.2) is 0 Å². The Bertz CT molecular complexity index is 2330. The van der Waals surface area contributed by atoms with Crippen molar-refractivity contribution in [1.82, 2.24) is 0 Å². The minimum absolute atomic E-state index is 0.0515. The highest BCUT2D eigenvalue weighted by Crippen LogP contribution is 2.71. The number of nitrogens with zero attached hydrogens (tertiary/aromatic N) is 1. The molecule has 1 nitrogen and oxygen atoms in total. The number of fused-ring (bicyclic) bond motifs is 5. The minimum atomic E-state index is 0.0515. The quantitative estimate of drug-likeness (QED) is 0.177. The maximum Gasteiger partial charge on any atom is 0.0465 e. The highest BCUT2D eigenvalue weighted by Gasteiger charge is 2.62. The molecule has 1 spiro atoms. The predicted molar refractivity (Wildman–Crippen MR) is 240 cm³/mol. The van der Waals surface area contributed by atoms with Gasteiger partial charge in [-0.25, -0.2) is 0 Å². The van der Waals surface area contributed by atoms with Crippen LogP contribution in [0.4, 0.5) is 17.1 Å². The van der Waals surface area contributed by atoms with Crippen molar-refractivity contribution in [1.29, 1.82) is 0 Å². The van der Waals surface area contributed by atoms with Gasteiger partial charge in [0.05, 0.1) is 0 Å². The van der Waals surface area contributed by atoms with Crippen molar-refractivity contribution in [3.05, 3.63) is 137 Å². The zero-order valence-corrected chi connectivity index (χ0v) is 35.9. The van der Waals surface area contributed by atoms with Gasteiger partial charge in [-0.3, -0.25) is 0 Å². The Hall–Kier alpha value is -4.10. The van der Waals surface area contributed by atoms with Gasteiger partial charge in [-0.05, 0) is 195 Å². The first-order valence-electron chi connectivity index (χ1n) is 22.6. The standard InChI is InChI=1S/C56H63N/c1-52(2)23-25-54(5,6)49-33-41(18-21-46(49)52)57(42-19-22-47-50(34-42)55(7,8)26-24-53(47,3)4)40-17-20-44-45-16-12-15-43(37-13-10-9-11-14-37)51(45)56(48(44)32-40)38-28-35-27-36(30-38)31-39(56)29-35/h9-22,32-36,38-39H,23-31H2,1-8H3. The Morgan fingerprint density at radius 2 is 0.860 bits per heavy atom. The highest BCUT2D eigenvalue weighted by atomic mass is 15.1. The lowest BCUT2D eigenvalue weighted by molar-refractivity contribution is -0.0397. The summed E-state index contributed by atoms with van der Waals surface area (Å²) in [5.74, 6) is 3.20. The first-order chi connectivity index (χ1) is 27.2. The van der Waals surface area contributed by atoms with Crippen LogP contribution in [0.2, 0.25) is 0 Å². The van der Waals surface area contributed by atoms with Crippen LogP contribution in [0.25, 0.3) is 22.3 Å². The van der Waals surface area contributed by atoms with Crippen molar-refractivity contribution in [2.75, 3.05) is 4.90 Å². The highest BCUT2D eigenvalue weighted by molar-refractivity contribution is 5.91. The molecule has 5 aromatic carbocycles. The average Bonchev–Trinajstić information content (AvgIpc) is 3.48. The van der Waals surface area contributed by atoms with Gasteiger partial charge in [-0.1, -0.05) is 122 Å². The van der Waals surface area contributed by atoms with Gasteiger partial charge in [0.2, 0.25) is 0 Å². The molecule has 7 aliphatic carbocycles. The van der Waals surface area contributed by atoms with Gasteiger partial charge >= 0.3 is 0 Å². The largest absolute Gasteiger partial charge is 0.310 e. The van der Waals surface area contributed by atoms with E-state index in [1.807, 2.05) is 0 Å². The van der Waals surface area contributed by atoms with Crippen LogP contribution in [-0.2, 0) is 27.1 Å².